The van der Waals surface area contributed by atoms with Gasteiger partial charge in [-0.3, -0.25) is 0 Å². The number of halogens is 3. The summed E-state index contributed by atoms with van der Waals surface area (Å²) < 4.78 is 40.0. The molecule has 0 saturated heterocycles. The lowest BCUT2D eigenvalue weighted by Gasteiger charge is -2.17. The van der Waals surface area contributed by atoms with Crippen LogP contribution in [0.15, 0.2) is 34.3 Å². The molecule has 1 aromatic heterocycles. The minimum Gasteiger partial charge on any atom is -0.323 e. The van der Waals surface area contributed by atoms with Crippen LogP contribution in [0.25, 0.3) is 0 Å². The summed E-state index contributed by atoms with van der Waals surface area (Å²) in [5, 5.41) is 2.72. The zero-order chi connectivity index (χ0) is 18.1. The number of benzene rings is 1. The standard InChI is InChI=1S/C14H14Cl2FN3O3S/c1-3-19(4-2)14(21)20-8-11(17)13(18-20)24(22,23)12-7-9(15)5-6-10(12)16/h5-8H,3-4H2,1-2H3. The van der Waals surface area contributed by atoms with Crippen molar-refractivity contribution in [2.75, 3.05) is 13.1 Å². The van der Waals surface area contributed by atoms with Crippen molar-refractivity contribution in [3.63, 3.8) is 0 Å². The van der Waals surface area contributed by atoms with E-state index >= 15 is 0 Å². The molecule has 1 heterocycles. The van der Waals surface area contributed by atoms with Crippen molar-refractivity contribution >= 4 is 39.1 Å². The number of sulfone groups is 1. The Morgan fingerprint density at radius 2 is 1.92 bits per heavy atom. The number of amides is 1. The van der Waals surface area contributed by atoms with Crippen LogP contribution in [-0.2, 0) is 9.84 Å². The molecule has 0 saturated carbocycles. The lowest BCUT2D eigenvalue weighted by molar-refractivity contribution is 0.201. The minimum atomic E-state index is -4.37. The molecule has 0 spiro atoms. The van der Waals surface area contributed by atoms with E-state index in [0.29, 0.717) is 17.8 Å². The highest BCUT2D eigenvalue weighted by Gasteiger charge is 2.30. The normalized spacial score (nSPS) is 11.5. The number of aromatic nitrogens is 2. The number of carbonyl (C=O) groups excluding carboxylic acids is 1. The van der Waals surface area contributed by atoms with Crippen molar-refractivity contribution in [3.05, 3.63) is 40.3 Å². The highest BCUT2D eigenvalue weighted by atomic mass is 35.5. The third-order valence-electron chi connectivity index (χ3n) is 3.31. The Bertz CT molecular complexity index is 879. The molecule has 0 bridgehead atoms. The monoisotopic (exact) mass is 393 g/mol. The first-order chi connectivity index (χ1) is 11.2. The molecule has 0 aliphatic heterocycles. The molecule has 0 atom stereocenters. The van der Waals surface area contributed by atoms with E-state index in [9.17, 15) is 17.6 Å². The summed E-state index contributed by atoms with van der Waals surface area (Å²) in [4.78, 5) is 13.2. The topological polar surface area (TPSA) is 72.3 Å². The number of hydrogen-bond acceptors (Lipinski definition) is 4. The SMILES string of the molecule is CCN(CC)C(=O)n1cc(F)c(S(=O)(=O)c2cc(Cl)ccc2Cl)n1. The molecular weight excluding hydrogens is 380 g/mol. The van der Waals surface area contributed by atoms with Crippen molar-refractivity contribution in [1.82, 2.24) is 14.7 Å². The van der Waals surface area contributed by atoms with E-state index in [1.165, 1.54) is 17.0 Å². The fraction of sp³-hybridized carbons (Fsp3) is 0.286. The highest BCUT2D eigenvalue weighted by molar-refractivity contribution is 7.91. The van der Waals surface area contributed by atoms with Gasteiger partial charge in [-0.05, 0) is 32.0 Å². The van der Waals surface area contributed by atoms with E-state index in [0.717, 1.165) is 12.3 Å². The van der Waals surface area contributed by atoms with Gasteiger partial charge in [-0.2, -0.15) is 4.68 Å². The Kier molecular flexibility index (Phi) is 5.52. The molecule has 0 N–H and O–H groups in total. The molecule has 0 unspecified atom stereocenters. The van der Waals surface area contributed by atoms with E-state index in [2.05, 4.69) is 5.10 Å². The molecule has 10 heteroatoms. The van der Waals surface area contributed by atoms with Crippen molar-refractivity contribution in [2.24, 2.45) is 0 Å². The van der Waals surface area contributed by atoms with Crippen LogP contribution in [0.2, 0.25) is 10.0 Å². The van der Waals surface area contributed by atoms with E-state index < -0.39 is 26.7 Å². The first kappa shape index (κ1) is 18.7. The van der Waals surface area contributed by atoms with Gasteiger partial charge in [-0.15, -0.1) is 5.10 Å². The number of carbonyl (C=O) groups is 1. The summed E-state index contributed by atoms with van der Waals surface area (Å²) in [6, 6.07) is 3.16. The summed E-state index contributed by atoms with van der Waals surface area (Å²) in [6.45, 7) is 4.23. The molecule has 130 valence electrons. The van der Waals surface area contributed by atoms with Gasteiger partial charge in [-0.25, -0.2) is 17.6 Å². The van der Waals surface area contributed by atoms with Gasteiger partial charge in [0.1, 0.15) is 0 Å². The third-order valence-corrected chi connectivity index (χ3v) is 5.69. The van der Waals surface area contributed by atoms with Crippen LogP contribution in [0.4, 0.5) is 9.18 Å². The van der Waals surface area contributed by atoms with E-state index in [1.807, 2.05) is 0 Å². The van der Waals surface area contributed by atoms with E-state index in [1.54, 1.807) is 13.8 Å². The quantitative estimate of drug-likeness (QED) is 0.796. The smallest absolute Gasteiger partial charge is 0.323 e. The number of hydrogen-bond donors (Lipinski definition) is 0. The molecule has 0 aliphatic carbocycles. The average molecular weight is 394 g/mol. The van der Waals surface area contributed by atoms with Gasteiger partial charge in [0, 0.05) is 18.1 Å². The summed E-state index contributed by atoms with van der Waals surface area (Å²) >= 11 is 11.7. The minimum absolute atomic E-state index is 0.122. The van der Waals surface area contributed by atoms with Gasteiger partial charge >= 0.3 is 6.03 Å². The second-order valence-electron chi connectivity index (χ2n) is 4.76. The Morgan fingerprint density at radius 1 is 1.29 bits per heavy atom. The van der Waals surface area contributed by atoms with Crippen molar-refractivity contribution in [3.8, 4) is 0 Å². The first-order valence-corrected chi connectivity index (χ1v) is 9.20. The lowest BCUT2D eigenvalue weighted by Crippen LogP contribution is -2.34. The lowest BCUT2D eigenvalue weighted by atomic mass is 10.4. The number of rotatable bonds is 4. The van der Waals surface area contributed by atoms with Crippen LogP contribution < -0.4 is 0 Å². The van der Waals surface area contributed by atoms with Gasteiger partial charge in [0.05, 0.1) is 16.1 Å². The Labute approximate surface area is 148 Å². The maximum atomic E-state index is 14.1. The Morgan fingerprint density at radius 3 is 2.50 bits per heavy atom. The molecule has 24 heavy (non-hydrogen) atoms. The maximum absolute atomic E-state index is 14.1. The maximum Gasteiger partial charge on any atom is 0.344 e. The summed E-state index contributed by atoms with van der Waals surface area (Å²) in [7, 11) is -4.37. The van der Waals surface area contributed by atoms with Gasteiger partial charge < -0.3 is 4.90 Å². The van der Waals surface area contributed by atoms with Crippen LogP contribution in [0.1, 0.15) is 13.8 Å². The third kappa shape index (κ3) is 3.40. The second kappa shape index (κ2) is 7.08. The van der Waals surface area contributed by atoms with Crippen LogP contribution in [-0.4, -0.2) is 42.2 Å². The van der Waals surface area contributed by atoms with Gasteiger partial charge in [-0.1, -0.05) is 23.2 Å². The van der Waals surface area contributed by atoms with Crippen LogP contribution in [0, 0.1) is 5.82 Å². The van der Waals surface area contributed by atoms with Gasteiger partial charge in [0.25, 0.3) is 0 Å². The summed E-state index contributed by atoms with van der Waals surface area (Å²) in [5.41, 5.74) is 0. The van der Waals surface area contributed by atoms with Gasteiger partial charge in [0.15, 0.2) is 5.82 Å². The zero-order valence-electron chi connectivity index (χ0n) is 12.8. The molecule has 0 fully saturated rings. The Hall–Kier alpha value is -1.64. The van der Waals surface area contributed by atoms with Crippen molar-refractivity contribution in [1.29, 1.82) is 0 Å². The predicted molar refractivity (Wildman–Crippen MR) is 87.8 cm³/mol. The average Bonchev–Trinajstić information content (AvgIpc) is 2.93. The molecule has 1 amide bonds. The summed E-state index contributed by atoms with van der Waals surface area (Å²) in [5.74, 6) is -1.15. The molecule has 1 aromatic carbocycles. The Balaban J connectivity index is 2.53. The first-order valence-electron chi connectivity index (χ1n) is 6.97. The number of nitrogens with zero attached hydrogens (tertiary/aromatic N) is 3. The van der Waals surface area contributed by atoms with Crippen LogP contribution >= 0.6 is 23.2 Å². The van der Waals surface area contributed by atoms with Gasteiger partial charge in [0.2, 0.25) is 14.9 Å². The van der Waals surface area contributed by atoms with Crippen molar-refractivity contribution < 1.29 is 17.6 Å². The molecule has 0 radical (unpaired) electrons. The largest absolute Gasteiger partial charge is 0.344 e. The summed E-state index contributed by atoms with van der Waals surface area (Å²) in [6.07, 6.45) is 0.728. The fourth-order valence-corrected chi connectivity index (χ4v) is 4.02. The van der Waals surface area contributed by atoms with E-state index in [-0.39, 0.29) is 14.9 Å². The highest BCUT2D eigenvalue weighted by Crippen LogP contribution is 2.30. The van der Waals surface area contributed by atoms with Crippen LogP contribution in [0.3, 0.4) is 0 Å². The molecule has 0 aliphatic rings. The van der Waals surface area contributed by atoms with Crippen molar-refractivity contribution in [2.45, 2.75) is 23.8 Å². The molecule has 2 aromatic rings. The zero-order valence-corrected chi connectivity index (χ0v) is 15.2. The predicted octanol–water partition coefficient (Wildman–Crippen LogP) is 3.47. The molecular formula is C14H14Cl2FN3O3S. The fourth-order valence-electron chi connectivity index (χ4n) is 2.04. The molecule has 2 rings (SSSR count). The van der Waals surface area contributed by atoms with Crippen LogP contribution in [0.5, 0.6) is 0 Å². The second-order valence-corrected chi connectivity index (χ2v) is 7.44. The molecule has 6 nitrogen and oxygen atoms in total. The van der Waals surface area contributed by atoms with E-state index in [4.69, 9.17) is 23.2 Å².